The van der Waals surface area contributed by atoms with Crippen LogP contribution in [-0.2, 0) is 0 Å². The summed E-state index contributed by atoms with van der Waals surface area (Å²) >= 11 is 0. The van der Waals surface area contributed by atoms with Gasteiger partial charge in [-0.1, -0.05) is 17.3 Å². The second-order valence-corrected chi connectivity index (χ2v) is 7.94. The molecular weight excluding hydrogens is 411 g/mol. The van der Waals surface area contributed by atoms with Crippen LogP contribution >= 0.6 is 0 Å². The third-order valence-corrected chi connectivity index (χ3v) is 5.57. The van der Waals surface area contributed by atoms with Crippen molar-refractivity contribution in [3.05, 3.63) is 77.3 Å². The van der Waals surface area contributed by atoms with E-state index in [1.54, 1.807) is 36.0 Å². The summed E-state index contributed by atoms with van der Waals surface area (Å²) < 4.78 is 20.1. The number of aromatic nitrogens is 5. The number of amides is 1. The summed E-state index contributed by atoms with van der Waals surface area (Å²) in [6.45, 7) is 3.65. The third kappa shape index (κ3) is 3.89. The molecular formula is C23H21FN6O2. The molecule has 8 nitrogen and oxygen atoms in total. The number of pyridine rings is 1. The topological polar surface area (TPSA) is 98.7 Å². The number of hydrogen-bond acceptors (Lipinski definition) is 6. The first-order chi connectivity index (χ1) is 15.5. The Hall–Kier alpha value is -3.88. The molecule has 5 rings (SSSR count). The van der Waals surface area contributed by atoms with Crippen molar-refractivity contribution in [2.75, 3.05) is 0 Å². The quantitative estimate of drug-likeness (QED) is 0.492. The van der Waals surface area contributed by atoms with Gasteiger partial charge in [-0.2, -0.15) is 10.1 Å². The van der Waals surface area contributed by atoms with Crippen molar-refractivity contribution >= 4 is 5.91 Å². The predicted octanol–water partition coefficient (Wildman–Crippen LogP) is 4.13. The Morgan fingerprint density at radius 3 is 2.66 bits per heavy atom. The number of carbonyl (C=O) groups is 1. The first-order valence-electron chi connectivity index (χ1n) is 10.4. The van der Waals surface area contributed by atoms with Crippen LogP contribution in [0.3, 0.4) is 0 Å². The van der Waals surface area contributed by atoms with Gasteiger partial charge in [0.1, 0.15) is 5.82 Å². The Kier molecular flexibility index (Phi) is 5.01. The molecule has 1 aliphatic rings. The Morgan fingerprint density at radius 2 is 1.97 bits per heavy atom. The van der Waals surface area contributed by atoms with Crippen LogP contribution in [-0.4, -0.2) is 30.8 Å². The molecule has 1 saturated carbocycles. The van der Waals surface area contributed by atoms with Gasteiger partial charge in [-0.3, -0.25) is 4.79 Å². The first kappa shape index (κ1) is 20.0. The molecule has 32 heavy (non-hydrogen) atoms. The summed E-state index contributed by atoms with van der Waals surface area (Å²) in [4.78, 5) is 21.7. The second kappa shape index (κ2) is 7.99. The van der Waals surface area contributed by atoms with Crippen LogP contribution in [0.1, 0.15) is 59.2 Å². The summed E-state index contributed by atoms with van der Waals surface area (Å²) in [5.41, 5.74) is 2.63. The number of nitrogens with zero attached hydrogens (tertiary/aromatic N) is 5. The number of rotatable bonds is 6. The highest BCUT2D eigenvalue weighted by atomic mass is 19.1. The minimum atomic E-state index is -0.314. The molecule has 0 spiro atoms. The van der Waals surface area contributed by atoms with Crippen molar-refractivity contribution in [1.29, 1.82) is 0 Å². The van der Waals surface area contributed by atoms with Crippen molar-refractivity contribution in [1.82, 2.24) is 30.2 Å². The molecule has 3 aromatic heterocycles. The van der Waals surface area contributed by atoms with Gasteiger partial charge >= 0.3 is 0 Å². The van der Waals surface area contributed by atoms with Gasteiger partial charge in [0.25, 0.3) is 11.8 Å². The molecule has 1 aromatic carbocycles. The molecule has 9 heteroatoms. The molecule has 0 radical (unpaired) electrons. The fraction of sp³-hybridized carbons (Fsp3) is 0.261. The lowest BCUT2D eigenvalue weighted by atomic mass is 10.1. The largest absolute Gasteiger partial charge is 0.345 e. The highest BCUT2D eigenvalue weighted by Gasteiger charge is 2.29. The number of benzene rings is 1. The van der Waals surface area contributed by atoms with Gasteiger partial charge in [0, 0.05) is 12.1 Å². The van der Waals surface area contributed by atoms with Crippen molar-refractivity contribution in [2.45, 2.75) is 38.6 Å². The highest BCUT2D eigenvalue weighted by molar-refractivity contribution is 5.95. The zero-order valence-corrected chi connectivity index (χ0v) is 17.6. The molecule has 1 atom stereocenters. The molecule has 1 amide bonds. The fourth-order valence-electron chi connectivity index (χ4n) is 3.47. The van der Waals surface area contributed by atoms with Crippen LogP contribution in [0.4, 0.5) is 4.39 Å². The first-order valence-corrected chi connectivity index (χ1v) is 10.4. The second-order valence-electron chi connectivity index (χ2n) is 7.94. The molecule has 1 N–H and O–H groups in total. The van der Waals surface area contributed by atoms with Gasteiger partial charge in [0.2, 0.25) is 0 Å². The standard InChI is InChI=1S/C23H21FN6O2/c1-13(15-5-8-18(24)9-6-15)27-22(31)19-12-26-30(14(19)2)20-10-7-17(11-25-20)23-28-21(29-32-23)16-3-4-16/h5-13,16H,3-4H2,1-2H3,(H,27,31)/t13-/m0/s1. The summed E-state index contributed by atoms with van der Waals surface area (Å²) in [5.74, 6) is 1.60. The van der Waals surface area contributed by atoms with Crippen molar-refractivity contribution in [3.8, 4) is 17.3 Å². The van der Waals surface area contributed by atoms with E-state index in [2.05, 4.69) is 25.5 Å². The van der Waals surface area contributed by atoms with Gasteiger partial charge in [-0.05, 0) is 56.5 Å². The van der Waals surface area contributed by atoms with Crippen molar-refractivity contribution in [2.24, 2.45) is 0 Å². The maximum Gasteiger partial charge on any atom is 0.259 e. The van der Waals surface area contributed by atoms with E-state index in [1.165, 1.54) is 18.3 Å². The lowest BCUT2D eigenvalue weighted by Gasteiger charge is -2.14. The number of halogens is 1. The zero-order chi connectivity index (χ0) is 22.2. The Bertz CT molecular complexity index is 1260. The van der Waals surface area contributed by atoms with Crippen LogP contribution in [0.25, 0.3) is 17.3 Å². The minimum Gasteiger partial charge on any atom is -0.345 e. The van der Waals surface area contributed by atoms with Crippen LogP contribution in [0, 0.1) is 12.7 Å². The molecule has 3 heterocycles. The van der Waals surface area contributed by atoms with Crippen LogP contribution in [0.15, 0.2) is 53.3 Å². The van der Waals surface area contributed by atoms with Crippen LogP contribution < -0.4 is 5.32 Å². The van der Waals surface area contributed by atoms with E-state index in [0.717, 1.165) is 29.8 Å². The fourth-order valence-corrected chi connectivity index (χ4v) is 3.47. The summed E-state index contributed by atoms with van der Waals surface area (Å²) in [6, 6.07) is 9.40. The number of nitrogens with one attached hydrogen (secondary N) is 1. The molecule has 0 aliphatic heterocycles. The molecule has 0 bridgehead atoms. The summed E-state index contributed by atoms with van der Waals surface area (Å²) in [7, 11) is 0. The average molecular weight is 432 g/mol. The smallest absolute Gasteiger partial charge is 0.259 e. The van der Waals surface area contributed by atoms with Gasteiger partial charge in [0.15, 0.2) is 11.6 Å². The lowest BCUT2D eigenvalue weighted by molar-refractivity contribution is 0.0939. The monoisotopic (exact) mass is 432 g/mol. The third-order valence-electron chi connectivity index (χ3n) is 5.57. The summed E-state index contributed by atoms with van der Waals surface area (Å²) in [6.07, 6.45) is 5.37. The van der Waals surface area contributed by atoms with E-state index in [1.807, 2.05) is 13.0 Å². The van der Waals surface area contributed by atoms with Gasteiger partial charge in [0.05, 0.1) is 29.1 Å². The Labute approximate surface area is 183 Å². The highest BCUT2D eigenvalue weighted by Crippen LogP contribution is 2.38. The zero-order valence-electron chi connectivity index (χ0n) is 17.6. The van der Waals surface area contributed by atoms with Gasteiger partial charge < -0.3 is 9.84 Å². The minimum absolute atomic E-state index is 0.263. The number of hydrogen-bond donors (Lipinski definition) is 1. The maximum absolute atomic E-state index is 13.1. The van der Waals surface area contributed by atoms with E-state index < -0.39 is 0 Å². The van der Waals surface area contributed by atoms with Crippen LogP contribution in [0.5, 0.6) is 0 Å². The lowest BCUT2D eigenvalue weighted by Crippen LogP contribution is -2.27. The molecule has 1 aliphatic carbocycles. The van der Waals surface area contributed by atoms with Gasteiger partial charge in [-0.15, -0.1) is 0 Å². The van der Waals surface area contributed by atoms with Gasteiger partial charge in [-0.25, -0.2) is 14.1 Å². The van der Waals surface area contributed by atoms with E-state index in [4.69, 9.17) is 4.52 Å². The van der Waals surface area contributed by atoms with E-state index in [-0.39, 0.29) is 17.8 Å². The summed E-state index contributed by atoms with van der Waals surface area (Å²) in [5, 5.41) is 11.3. The Balaban J connectivity index is 1.31. The molecule has 1 fully saturated rings. The van der Waals surface area contributed by atoms with Crippen molar-refractivity contribution in [3.63, 3.8) is 0 Å². The van der Waals surface area contributed by atoms with E-state index in [0.29, 0.717) is 28.9 Å². The molecule has 4 aromatic rings. The number of carbonyl (C=O) groups excluding carboxylic acids is 1. The Morgan fingerprint density at radius 1 is 1.19 bits per heavy atom. The SMILES string of the molecule is Cc1c(C(=O)N[C@@H](C)c2ccc(F)cc2)cnn1-c1ccc(-c2nc(C3CC3)no2)cn1. The van der Waals surface area contributed by atoms with Crippen LogP contribution in [0.2, 0.25) is 0 Å². The maximum atomic E-state index is 13.1. The average Bonchev–Trinajstić information content (AvgIpc) is 3.40. The molecule has 162 valence electrons. The van der Waals surface area contributed by atoms with E-state index >= 15 is 0 Å². The molecule has 0 saturated heterocycles. The normalized spacial score (nSPS) is 14.3. The molecule has 0 unspecified atom stereocenters. The van der Waals surface area contributed by atoms with E-state index in [9.17, 15) is 9.18 Å². The predicted molar refractivity (Wildman–Crippen MR) is 114 cm³/mol. The van der Waals surface area contributed by atoms with Crippen molar-refractivity contribution < 1.29 is 13.7 Å².